The number of phenolic OH excluding ortho intramolecular Hbond substituents is 1. The summed E-state index contributed by atoms with van der Waals surface area (Å²) in [5, 5.41) is 17.4. The number of benzene rings is 1. The lowest BCUT2D eigenvalue weighted by atomic mass is 9.86. The Balaban J connectivity index is 1.61. The van der Waals surface area contributed by atoms with Gasteiger partial charge in [-0.15, -0.1) is 11.3 Å². The van der Waals surface area contributed by atoms with Crippen LogP contribution in [0.1, 0.15) is 36.6 Å². The predicted molar refractivity (Wildman–Crippen MR) is 136 cm³/mol. The molecule has 3 heterocycles. The normalized spacial score (nSPS) is 16.4. The molecule has 3 aromatic rings. The third kappa shape index (κ3) is 5.20. The van der Waals surface area contributed by atoms with Crippen molar-refractivity contribution < 1.29 is 18.3 Å². The number of thiophene rings is 1. The smallest absolute Gasteiger partial charge is 0.246 e. The molecule has 1 saturated heterocycles. The van der Waals surface area contributed by atoms with Crippen LogP contribution in [-0.2, 0) is 14.8 Å². The number of hydrogen-bond acceptors (Lipinski definition) is 10. The SMILES string of the molecule is Cc1ccc([C@H](Nc2nsnc2Nc2cccc(S(=O)(=O)N3CCOCC3)c2O)C(C)(C)C)s1. The number of hydrogen-bond donors (Lipinski definition) is 3. The van der Waals surface area contributed by atoms with Gasteiger partial charge in [-0.05, 0) is 36.6 Å². The van der Waals surface area contributed by atoms with Crippen molar-refractivity contribution >= 4 is 50.4 Å². The van der Waals surface area contributed by atoms with Crippen molar-refractivity contribution in [2.24, 2.45) is 5.41 Å². The van der Waals surface area contributed by atoms with Crippen LogP contribution in [0.4, 0.5) is 17.3 Å². The van der Waals surface area contributed by atoms with Crippen LogP contribution in [0, 0.1) is 12.3 Å². The number of para-hydroxylation sites is 1. The highest BCUT2D eigenvalue weighted by Crippen LogP contribution is 2.41. The quantitative estimate of drug-likeness (QED) is 0.386. The summed E-state index contributed by atoms with van der Waals surface area (Å²) in [5.74, 6) is 0.606. The van der Waals surface area contributed by atoms with Gasteiger partial charge >= 0.3 is 0 Å². The molecule has 0 spiro atoms. The fraction of sp³-hybridized carbons (Fsp3) is 0.455. The largest absolute Gasteiger partial charge is 0.504 e. The van der Waals surface area contributed by atoms with Gasteiger partial charge in [0.05, 0.1) is 36.7 Å². The highest BCUT2D eigenvalue weighted by molar-refractivity contribution is 7.89. The number of rotatable bonds is 7. The predicted octanol–water partition coefficient (Wildman–Crippen LogP) is 4.58. The molecule has 2 aromatic heterocycles. The highest BCUT2D eigenvalue weighted by atomic mass is 32.2. The average Bonchev–Trinajstić information content (AvgIpc) is 3.41. The third-order valence-corrected chi connectivity index (χ3v) is 9.05. The number of ether oxygens (including phenoxy) is 1. The van der Waals surface area contributed by atoms with E-state index in [1.165, 1.54) is 20.1 Å². The lowest BCUT2D eigenvalue weighted by molar-refractivity contribution is 0.0729. The zero-order valence-corrected chi connectivity index (χ0v) is 22.0. The van der Waals surface area contributed by atoms with E-state index in [1.807, 2.05) is 0 Å². The fourth-order valence-electron chi connectivity index (χ4n) is 3.71. The Morgan fingerprint density at radius 3 is 2.47 bits per heavy atom. The van der Waals surface area contributed by atoms with Gasteiger partial charge in [-0.25, -0.2) is 8.42 Å². The van der Waals surface area contributed by atoms with Crippen LogP contribution in [0.3, 0.4) is 0 Å². The van der Waals surface area contributed by atoms with Gasteiger partial charge in [0, 0.05) is 22.8 Å². The molecule has 0 bridgehead atoms. The van der Waals surface area contributed by atoms with Gasteiger partial charge < -0.3 is 20.5 Å². The maximum absolute atomic E-state index is 13.1. The second-order valence-electron chi connectivity index (χ2n) is 9.15. The molecule has 0 unspecified atom stereocenters. The van der Waals surface area contributed by atoms with E-state index in [9.17, 15) is 13.5 Å². The van der Waals surface area contributed by atoms with Crippen molar-refractivity contribution in [1.29, 1.82) is 0 Å². The van der Waals surface area contributed by atoms with Crippen LogP contribution in [0.15, 0.2) is 35.2 Å². The molecule has 34 heavy (non-hydrogen) atoms. The van der Waals surface area contributed by atoms with E-state index in [2.05, 4.69) is 59.2 Å². The molecule has 4 rings (SSSR count). The lowest BCUT2D eigenvalue weighted by Crippen LogP contribution is -2.40. The van der Waals surface area contributed by atoms with Crippen LogP contribution in [-0.4, -0.2) is 52.9 Å². The Labute approximate surface area is 208 Å². The first-order valence-electron chi connectivity index (χ1n) is 10.9. The molecule has 9 nitrogen and oxygen atoms in total. The Morgan fingerprint density at radius 1 is 1.12 bits per heavy atom. The molecule has 12 heteroatoms. The van der Waals surface area contributed by atoms with Crippen molar-refractivity contribution in [1.82, 2.24) is 13.1 Å². The Kier molecular flexibility index (Phi) is 7.15. The summed E-state index contributed by atoms with van der Waals surface area (Å²) in [5.41, 5.74) is 0.135. The van der Waals surface area contributed by atoms with E-state index >= 15 is 0 Å². The summed E-state index contributed by atoms with van der Waals surface area (Å²) in [6.45, 7) is 9.69. The molecule has 0 amide bonds. The van der Waals surface area contributed by atoms with Gasteiger partial charge in [0.15, 0.2) is 17.4 Å². The van der Waals surface area contributed by atoms with Crippen LogP contribution in [0.5, 0.6) is 5.75 Å². The second kappa shape index (κ2) is 9.78. The molecule has 1 atom stereocenters. The third-order valence-electron chi connectivity index (χ3n) is 5.52. The van der Waals surface area contributed by atoms with Crippen molar-refractivity contribution in [2.45, 2.75) is 38.6 Å². The van der Waals surface area contributed by atoms with E-state index in [1.54, 1.807) is 23.5 Å². The lowest BCUT2D eigenvalue weighted by Gasteiger charge is -2.31. The molecule has 0 saturated carbocycles. The van der Waals surface area contributed by atoms with E-state index in [-0.39, 0.29) is 40.9 Å². The maximum Gasteiger partial charge on any atom is 0.246 e. The number of aromatic nitrogens is 2. The first kappa shape index (κ1) is 24.9. The summed E-state index contributed by atoms with van der Waals surface area (Å²) in [7, 11) is -3.86. The van der Waals surface area contributed by atoms with Gasteiger partial charge in [0.2, 0.25) is 10.0 Å². The minimum atomic E-state index is -3.86. The van der Waals surface area contributed by atoms with Crippen molar-refractivity contribution in [3.05, 3.63) is 40.1 Å². The van der Waals surface area contributed by atoms with Crippen LogP contribution < -0.4 is 10.6 Å². The monoisotopic (exact) mass is 523 g/mol. The van der Waals surface area contributed by atoms with Gasteiger partial charge in [-0.2, -0.15) is 13.1 Å². The minimum Gasteiger partial charge on any atom is -0.504 e. The number of morpholine rings is 1. The molecular formula is C22H29N5O4S3. The summed E-state index contributed by atoms with van der Waals surface area (Å²) in [6, 6.07) is 8.80. The van der Waals surface area contributed by atoms with Crippen molar-refractivity contribution in [3.63, 3.8) is 0 Å². The first-order chi connectivity index (χ1) is 16.1. The van der Waals surface area contributed by atoms with Gasteiger partial charge in [-0.1, -0.05) is 26.8 Å². The van der Waals surface area contributed by atoms with E-state index in [0.717, 1.165) is 11.7 Å². The van der Waals surface area contributed by atoms with E-state index < -0.39 is 10.0 Å². The summed E-state index contributed by atoms with van der Waals surface area (Å²) in [6.07, 6.45) is 0. The summed E-state index contributed by atoms with van der Waals surface area (Å²) >= 11 is 2.76. The van der Waals surface area contributed by atoms with Crippen LogP contribution in [0.25, 0.3) is 0 Å². The minimum absolute atomic E-state index is 0.0164. The molecule has 1 fully saturated rings. The maximum atomic E-state index is 13.1. The van der Waals surface area contributed by atoms with Crippen LogP contribution >= 0.6 is 23.1 Å². The number of nitrogens with one attached hydrogen (secondary N) is 2. The number of anilines is 3. The number of phenols is 1. The van der Waals surface area contributed by atoms with Crippen molar-refractivity contribution in [3.8, 4) is 5.75 Å². The molecular weight excluding hydrogens is 494 g/mol. The standard InChI is InChI=1S/C22H29N5O4S3/c1-14-8-9-16(32-14)19(22(2,3)4)24-21-20(25-33-26-21)23-15-6-5-7-17(18(15)28)34(29,30)27-10-12-31-13-11-27/h5-9,19,28H,10-13H2,1-4H3,(H,23,25)(H,24,26)/t19-/m0/s1. The Morgan fingerprint density at radius 2 is 1.82 bits per heavy atom. The Bertz CT molecular complexity index is 1240. The molecule has 3 N–H and O–H groups in total. The summed E-state index contributed by atoms with van der Waals surface area (Å²) in [4.78, 5) is 2.26. The second-order valence-corrected chi connectivity index (χ2v) is 12.9. The van der Waals surface area contributed by atoms with Crippen molar-refractivity contribution in [2.75, 3.05) is 36.9 Å². The molecule has 1 aromatic carbocycles. The first-order valence-corrected chi connectivity index (χ1v) is 13.9. The average molecular weight is 524 g/mol. The number of sulfonamides is 1. The number of nitrogens with zero attached hydrogens (tertiary/aromatic N) is 3. The van der Waals surface area contributed by atoms with E-state index in [4.69, 9.17) is 4.74 Å². The van der Waals surface area contributed by atoms with Gasteiger partial charge in [0.1, 0.15) is 4.90 Å². The van der Waals surface area contributed by atoms with Crippen LogP contribution in [0.2, 0.25) is 0 Å². The Hall–Kier alpha value is -2.25. The zero-order valence-electron chi connectivity index (χ0n) is 19.5. The van der Waals surface area contributed by atoms with Gasteiger partial charge in [0.25, 0.3) is 0 Å². The molecule has 1 aliphatic rings. The topological polar surface area (TPSA) is 117 Å². The summed E-state index contributed by atoms with van der Waals surface area (Å²) < 4.78 is 41.5. The number of aromatic hydroxyl groups is 1. The number of aryl methyl sites for hydroxylation is 1. The highest BCUT2D eigenvalue weighted by Gasteiger charge is 2.31. The fourth-order valence-corrected chi connectivity index (χ4v) is 6.87. The van der Waals surface area contributed by atoms with E-state index in [0.29, 0.717) is 24.8 Å². The molecule has 0 aliphatic carbocycles. The molecule has 1 aliphatic heterocycles. The molecule has 0 radical (unpaired) electrons. The van der Waals surface area contributed by atoms with Gasteiger partial charge in [-0.3, -0.25) is 0 Å². The zero-order chi connectivity index (χ0) is 24.5. The molecule has 184 valence electrons.